The van der Waals surface area contributed by atoms with Crippen molar-refractivity contribution in [2.45, 2.75) is 84.4 Å². The van der Waals surface area contributed by atoms with Crippen LogP contribution < -0.4 is 0 Å². The number of rotatable bonds is 11. The zero-order chi connectivity index (χ0) is 38.4. The standard InChI is InChI=1S/C17H5F27O2/c1-3(2)4(45)46-14(35,5(18,15(36,37)38)16(39,40)41)12(31,32)10(27,28)8(23,24)6(19,20)7(21,22)9(25,26)11(29,30)13(33,34)17(42,43)44/h1H2,2H3. The fraction of sp³-hybridized carbons (Fsp3) is 0.824. The molecule has 0 spiro atoms. The van der Waals surface area contributed by atoms with Crippen LogP contribution in [0.25, 0.3) is 0 Å². The van der Waals surface area contributed by atoms with E-state index in [0.717, 1.165) is 0 Å². The minimum atomic E-state index is -9.87. The lowest BCUT2D eigenvalue weighted by atomic mass is 9.81. The van der Waals surface area contributed by atoms with Crippen molar-refractivity contribution in [2.24, 2.45) is 0 Å². The molecule has 2 nitrogen and oxygen atoms in total. The van der Waals surface area contributed by atoms with Crippen LogP contribution in [0.5, 0.6) is 0 Å². The van der Waals surface area contributed by atoms with Crippen LogP contribution in [-0.2, 0) is 9.53 Å². The third kappa shape index (κ3) is 5.14. The summed E-state index contributed by atoms with van der Waals surface area (Å²) in [7, 11) is 0. The molecule has 0 aliphatic carbocycles. The molecule has 0 saturated heterocycles. The molecule has 0 aromatic carbocycles. The van der Waals surface area contributed by atoms with Crippen molar-refractivity contribution in [3.8, 4) is 0 Å². The lowest BCUT2D eigenvalue weighted by Crippen LogP contribution is -2.81. The Morgan fingerprint density at radius 3 is 0.804 bits per heavy atom. The van der Waals surface area contributed by atoms with Crippen LogP contribution in [0.2, 0.25) is 0 Å². The van der Waals surface area contributed by atoms with Crippen molar-refractivity contribution >= 4 is 5.97 Å². The van der Waals surface area contributed by atoms with Crippen LogP contribution in [0.4, 0.5) is 119 Å². The first-order chi connectivity index (χ1) is 19.3. The molecule has 29 heteroatoms. The van der Waals surface area contributed by atoms with E-state index in [1.165, 1.54) is 0 Å². The lowest BCUT2D eigenvalue weighted by Gasteiger charge is -2.48. The molecular weight excluding hydrogens is 749 g/mol. The van der Waals surface area contributed by atoms with Gasteiger partial charge in [-0.15, -0.1) is 0 Å². The van der Waals surface area contributed by atoms with Gasteiger partial charge in [-0.3, -0.25) is 0 Å². The van der Waals surface area contributed by atoms with Gasteiger partial charge in [-0.05, 0) is 6.92 Å². The van der Waals surface area contributed by atoms with Crippen LogP contribution in [0, 0.1) is 0 Å². The molecule has 0 heterocycles. The number of alkyl halides is 27. The second-order valence-electron chi connectivity index (χ2n) is 8.51. The SMILES string of the molecule is C=C(C)C(=O)OC(F)(C(F)(F)C(F)(F)C(F)(F)C(F)(F)C(F)(F)C(F)(F)C(F)(F)C(F)(F)C(F)(F)F)C(F)(C(F)(F)F)C(F)(F)F. The van der Waals surface area contributed by atoms with Crippen molar-refractivity contribution < 1.29 is 128 Å². The summed E-state index contributed by atoms with van der Waals surface area (Å²) in [6.07, 6.45) is -25.6. The number of hydrogen-bond acceptors (Lipinski definition) is 2. The highest BCUT2D eigenvalue weighted by molar-refractivity contribution is 5.87. The summed E-state index contributed by atoms with van der Waals surface area (Å²) in [5.74, 6) is -89.2. The minimum Gasteiger partial charge on any atom is -0.415 e. The number of esters is 1. The van der Waals surface area contributed by atoms with Gasteiger partial charge in [-0.2, -0.15) is 114 Å². The Morgan fingerprint density at radius 1 is 0.391 bits per heavy atom. The van der Waals surface area contributed by atoms with Crippen LogP contribution in [0.3, 0.4) is 0 Å². The van der Waals surface area contributed by atoms with Crippen molar-refractivity contribution in [1.82, 2.24) is 0 Å². The number of carbonyl (C=O) groups is 1. The monoisotopic (exact) mass is 754 g/mol. The molecule has 1 atom stereocenters. The molecule has 0 aromatic rings. The molecule has 0 N–H and O–H groups in total. The highest BCUT2D eigenvalue weighted by atomic mass is 19.4. The van der Waals surface area contributed by atoms with Crippen LogP contribution in [-0.4, -0.2) is 83.4 Å². The van der Waals surface area contributed by atoms with E-state index >= 15 is 0 Å². The molecule has 0 amide bonds. The van der Waals surface area contributed by atoms with Crippen molar-refractivity contribution in [1.29, 1.82) is 0 Å². The smallest absolute Gasteiger partial charge is 0.415 e. The first kappa shape index (κ1) is 43.3. The molecule has 0 aliphatic heterocycles. The third-order valence-electron chi connectivity index (χ3n) is 5.33. The summed E-state index contributed by atoms with van der Waals surface area (Å²) in [5, 5.41) is 0. The Balaban J connectivity index is 8.05. The number of halogens is 27. The quantitative estimate of drug-likeness (QED) is 0.120. The van der Waals surface area contributed by atoms with E-state index < -0.39 is 89.0 Å². The Hall–Kier alpha value is -2.68. The largest absolute Gasteiger partial charge is 0.460 e. The van der Waals surface area contributed by atoms with Gasteiger partial charge in [-0.1, -0.05) is 6.58 Å². The van der Waals surface area contributed by atoms with E-state index in [1.807, 2.05) is 4.74 Å². The first-order valence-electron chi connectivity index (χ1n) is 9.82. The zero-order valence-corrected chi connectivity index (χ0v) is 20.2. The summed E-state index contributed by atoms with van der Waals surface area (Å²) in [6.45, 7) is 1.90. The van der Waals surface area contributed by atoms with Crippen molar-refractivity contribution in [3.63, 3.8) is 0 Å². The fourth-order valence-electron chi connectivity index (χ4n) is 2.65. The van der Waals surface area contributed by atoms with Gasteiger partial charge in [0.25, 0.3) is 0 Å². The van der Waals surface area contributed by atoms with Crippen LogP contribution >= 0.6 is 0 Å². The van der Waals surface area contributed by atoms with Gasteiger partial charge in [0.2, 0.25) is 0 Å². The Labute approximate surface area is 232 Å². The van der Waals surface area contributed by atoms with Gasteiger partial charge in [0.05, 0.1) is 0 Å². The van der Waals surface area contributed by atoms with E-state index in [2.05, 4.69) is 6.58 Å². The molecule has 0 fully saturated rings. The van der Waals surface area contributed by atoms with Gasteiger partial charge in [0.15, 0.2) is 0 Å². The summed E-state index contributed by atoms with van der Waals surface area (Å²) < 4.78 is 364. The van der Waals surface area contributed by atoms with Gasteiger partial charge >= 0.3 is 83.4 Å². The van der Waals surface area contributed by atoms with E-state index in [9.17, 15) is 123 Å². The Bertz CT molecular complexity index is 1150. The second kappa shape index (κ2) is 10.7. The summed E-state index contributed by atoms with van der Waals surface area (Å²) in [5.41, 5.74) is -11.2. The zero-order valence-electron chi connectivity index (χ0n) is 20.2. The second-order valence-corrected chi connectivity index (χ2v) is 8.51. The van der Waals surface area contributed by atoms with E-state index in [-0.39, 0.29) is 6.92 Å². The average Bonchev–Trinajstić information content (AvgIpc) is 2.79. The highest BCUT2D eigenvalue weighted by Crippen LogP contribution is 2.69. The maximum absolute atomic E-state index is 14.9. The topological polar surface area (TPSA) is 26.3 Å². The molecular formula is C17H5F27O2. The van der Waals surface area contributed by atoms with Gasteiger partial charge in [0.1, 0.15) is 0 Å². The van der Waals surface area contributed by atoms with Crippen molar-refractivity contribution in [3.05, 3.63) is 12.2 Å². The maximum atomic E-state index is 14.9. The summed E-state index contributed by atoms with van der Waals surface area (Å²) in [6, 6.07) is 0. The predicted octanol–water partition coefficient (Wildman–Crippen LogP) is 9.25. The normalized spacial score (nSPS) is 17.5. The van der Waals surface area contributed by atoms with E-state index in [0.29, 0.717) is 0 Å². The van der Waals surface area contributed by atoms with E-state index in [4.69, 9.17) is 0 Å². The Kier molecular flexibility index (Phi) is 10.0. The first-order valence-corrected chi connectivity index (χ1v) is 9.82. The molecule has 274 valence electrons. The number of ether oxygens (including phenoxy) is 1. The third-order valence-corrected chi connectivity index (χ3v) is 5.33. The molecule has 0 aliphatic rings. The molecule has 0 radical (unpaired) electrons. The fourth-order valence-corrected chi connectivity index (χ4v) is 2.65. The average molecular weight is 754 g/mol. The van der Waals surface area contributed by atoms with Crippen LogP contribution in [0.15, 0.2) is 12.2 Å². The summed E-state index contributed by atoms with van der Waals surface area (Å²) >= 11 is 0. The van der Waals surface area contributed by atoms with Gasteiger partial charge in [-0.25, -0.2) is 9.18 Å². The number of hydrogen-bond donors (Lipinski definition) is 0. The molecule has 0 bridgehead atoms. The Morgan fingerprint density at radius 2 is 0.609 bits per heavy atom. The van der Waals surface area contributed by atoms with Crippen LogP contribution in [0.1, 0.15) is 6.92 Å². The lowest BCUT2D eigenvalue weighted by molar-refractivity contribution is -0.496. The maximum Gasteiger partial charge on any atom is 0.460 e. The highest BCUT2D eigenvalue weighted by Gasteiger charge is 3.01. The van der Waals surface area contributed by atoms with E-state index in [1.54, 1.807) is 0 Å². The summed E-state index contributed by atoms with van der Waals surface area (Å²) in [4.78, 5) is 11.2. The predicted molar refractivity (Wildman–Crippen MR) is 86.3 cm³/mol. The molecule has 0 saturated carbocycles. The molecule has 0 rings (SSSR count). The van der Waals surface area contributed by atoms with Gasteiger partial charge < -0.3 is 4.74 Å². The number of carbonyl (C=O) groups excluding carboxylic acids is 1. The van der Waals surface area contributed by atoms with Crippen molar-refractivity contribution in [2.75, 3.05) is 0 Å². The molecule has 1 unspecified atom stereocenters. The molecule has 46 heavy (non-hydrogen) atoms. The molecule has 0 aromatic heterocycles. The van der Waals surface area contributed by atoms with Gasteiger partial charge in [0, 0.05) is 5.57 Å². The minimum absolute atomic E-state index is 0.178.